The SMILES string of the molecule is CCNC(c1cc(Br)c(C)s1)C1CCCC1C. The Labute approximate surface area is 117 Å². The van der Waals surface area contributed by atoms with E-state index in [4.69, 9.17) is 0 Å². The standard InChI is InChI=1S/C14H22BrNS/c1-4-16-14(11-7-5-6-9(11)2)13-8-12(15)10(3)17-13/h8-9,11,14,16H,4-7H2,1-3H3. The van der Waals surface area contributed by atoms with Crippen LogP contribution in [0.4, 0.5) is 0 Å². The minimum Gasteiger partial charge on any atom is -0.309 e. The van der Waals surface area contributed by atoms with Gasteiger partial charge in [-0.3, -0.25) is 0 Å². The largest absolute Gasteiger partial charge is 0.309 e. The van der Waals surface area contributed by atoms with Crippen molar-refractivity contribution in [1.82, 2.24) is 5.32 Å². The minimum atomic E-state index is 0.562. The van der Waals surface area contributed by atoms with Gasteiger partial charge in [0.05, 0.1) is 0 Å². The van der Waals surface area contributed by atoms with Crippen LogP contribution in [0.2, 0.25) is 0 Å². The summed E-state index contributed by atoms with van der Waals surface area (Å²) in [7, 11) is 0. The normalized spacial score (nSPS) is 26.4. The minimum absolute atomic E-state index is 0.562. The van der Waals surface area contributed by atoms with Gasteiger partial charge in [0.25, 0.3) is 0 Å². The van der Waals surface area contributed by atoms with E-state index in [9.17, 15) is 0 Å². The summed E-state index contributed by atoms with van der Waals surface area (Å²) in [6.45, 7) is 7.88. The fourth-order valence-electron chi connectivity index (χ4n) is 2.99. The van der Waals surface area contributed by atoms with E-state index in [2.05, 4.69) is 48.1 Å². The molecule has 1 fully saturated rings. The van der Waals surface area contributed by atoms with Crippen molar-refractivity contribution in [3.05, 3.63) is 20.3 Å². The fraction of sp³-hybridized carbons (Fsp3) is 0.714. The van der Waals surface area contributed by atoms with Gasteiger partial charge in [-0.1, -0.05) is 26.7 Å². The van der Waals surface area contributed by atoms with Crippen LogP contribution in [0.3, 0.4) is 0 Å². The Kier molecular flexibility index (Phi) is 4.67. The van der Waals surface area contributed by atoms with Crippen molar-refractivity contribution in [3.63, 3.8) is 0 Å². The lowest BCUT2D eigenvalue weighted by Gasteiger charge is -2.26. The van der Waals surface area contributed by atoms with Crippen molar-refractivity contribution in [2.45, 2.75) is 46.1 Å². The third-order valence-electron chi connectivity index (χ3n) is 3.96. The first kappa shape index (κ1) is 13.6. The summed E-state index contributed by atoms with van der Waals surface area (Å²) in [5.41, 5.74) is 0. The number of rotatable bonds is 4. The zero-order chi connectivity index (χ0) is 12.4. The van der Waals surface area contributed by atoms with E-state index in [0.717, 1.165) is 18.4 Å². The number of aryl methyl sites for hydroxylation is 1. The van der Waals surface area contributed by atoms with Crippen molar-refractivity contribution in [2.75, 3.05) is 6.54 Å². The van der Waals surface area contributed by atoms with Gasteiger partial charge in [-0.2, -0.15) is 0 Å². The van der Waals surface area contributed by atoms with Gasteiger partial charge in [-0.25, -0.2) is 0 Å². The first-order valence-electron chi connectivity index (χ1n) is 6.62. The van der Waals surface area contributed by atoms with Gasteiger partial charge in [0.15, 0.2) is 0 Å². The maximum Gasteiger partial charge on any atom is 0.0446 e. The summed E-state index contributed by atoms with van der Waals surface area (Å²) in [4.78, 5) is 2.91. The highest BCUT2D eigenvalue weighted by Gasteiger charge is 2.32. The van der Waals surface area contributed by atoms with Crippen molar-refractivity contribution in [3.8, 4) is 0 Å². The first-order valence-corrected chi connectivity index (χ1v) is 8.23. The van der Waals surface area contributed by atoms with Crippen LogP contribution in [0, 0.1) is 18.8 Å². The molecule has 1 nitrogen and oxygen atoms in total. The molecule has 0 bridgehead atoms. The second kappa shape index (κ2) is 5.85. The molecule has 0 spiro atoms. The number of thiophene rings is 1. The van der Waals surface area contributed by atoms with Crippen molar-refractivity contribution < 1.29 is 0 Å². The van der Waals surface area contributed by atoms with E-state index in [1.165, 1.54) is 33.5 Å². The molecule has 17 heavy (non-hydrogen) atoms. The van der Waals surface area contributed by atoms with Crippen molar-refractivity contribution in [1.29, 1.82) is 0 Å². The van der Waals surface area contributed by atoms with Crippen LogP contribution >= 0.6 is 27.3 Å². The third kappa shape index (κ3) is 2.94. The average Bonchev–Trinajstić information content (AvgIpc) is 2.83. The summed E-state index contributed by atoms with van der Waals surface area (Å²) in [5.74, 6) is 1.68. The number of halogens is 1. The molecule has 0 radical (unpaired) electrons. The molecule has 3 atom stereocenters. The molecule has 96 valence electrons. The summed E-state index contributed by atoms with van der Waals surface area (Å²) >= 11 is 5.58. The Morgan fingerprint density at radius 1 is 1.53 bits per heavy atom. The van der Waals surface area contributed by atoms with E-state index >= 15 is 0 Å². The van der Waals surface area contributed by atoms with E-state index in [1.807, 2.05) is 11.3 Å². The van der Waals surface area contributed by atoms with Crippen LogP contribution in [-0.4, -0.2) is 6.54 Å². The van der Waals surface area contributed by atoms with Crippen LogP contribution in [0.5, 0.6) is 0 Å². The number of hydrogen-bond donors (Lipinski definition) is 1. The van der Waals surface area contributed by atoms with E-state index < -0.39 is 0 Å². The Hall–Kier alpha value is 0.140. The van der Waals surface area contributed by atoms with Crippen molar-refractivity contribution in [2.24, 2.45) is 11.8 Å². The molecule has 1 saturated carbocycles. The summed E-state index contributed by atoms with van der Waals surface area (Å²) in [6, 6.07) is 2.88. The molecular formula is C14H22BrNS. The number of nitrogens with one attached hydrogen (secondary N) is 1. The zero-order valence-electron chi connectivity index (χ0n) is 10.9. The Morgan fingerprint density at radius 3 is 2.76 bits per heavy atom. The van der Waals surface area contributed by atoms with E-state index in [1.54, 1.807) is 0 Å². The third-order valence-corrected chi connectivity index (χ3v) is 6.18. The summed E-state index contributed by atoms with van der Waals surface area (Å²) < 4.78 is 1.27. The van der Waals surface area contributed by atoms with Gasteiger partial charge in [-0.15, -0.1) is 11.3 Å². The van der Waals surface area contributed by atoms with Crippen LogP contribution in [0.15, 0.2) is 10.5 Å². The molecule has 0 aliphatic heterocycles. The van der Waals surface area contributed by atoms with E-state index in [0.29, 0.717) is 6.04 Å². The van der Waals surface area contributed by atoms with Crippen LogP contribution in [0.25, 0.3) is 0 Å². The van der Waals surface area contributed by atoms with Gasteiger partial charge in [0, 0.05) is 20.3 Å². The molecule has 3 unspecified atom stereocenters. The molecule has 3 heteroatoms. The second-order valence-corrected chi connectivity index (χ2v) is 7.30. The lowest BCUT2D eigenvalue weighted by Crippen LogP contribution is -2.28. The molecule has 1 aliphatic rings. The highest BCUT2D eigenvalue weighted by Crippen LogP contribution is 2.43. The topological polar surface area (TPSA) is 12.0 Å². The van der Waals surface area contributed by atoms with Crippen molar-refractivity contribution >= 4 is 27.3 Å². The summed E-state index contributed by atoms with van der Waals surface area (Å²) in [5, 5.41) is 3.70. The fourth-order valence-corrected chi connectivity index (χ4v) is 4.70. The maximum absolute atomic E-state index is 3.70. The Balaban J connectivity index is 2.21. The molecule has 1 aliphatic carbocycles. The molecule has 1 aromatic heterocycles. The smallest absolute Gasteiger partial charge is 0.0446 e. The Bertz CT molecular complexity index is 355. The van der Waals surface area contributed by atoms with E-state index in [-0.39, 0.29) is 0 Å². The van der Waals surface area contributed by atoms with Gasteiger partial charge in [-0.05, 0) is 53.7 Å². The molecule has 1 aromatic rings. The first-order chi connectivity index (χ1) is 8.13. The average molecular weight is 316 g/mol. The lowest BCUT2D eigenvalue weighted by atomic mass is 9.89. The summed E-state index contributed by atoms with van der Waals surface area (Å²) in [6.07, 6.45) is 4.19. The van der Waals surface area contributed by atoms with Gasteiger partial charge < -0.3 is 5.32 Å². The van der Waals surface area contributed by atoms with Gasteiger partial charge >= 0.3 is 0 Å². The van der Waals surface area contributed by atoms with Gasteiger partial charge in [0.2, 0.25) is 0 Å². The van der Waals surface area contributed by atoms with Crippen LogP contribution < -0.4 is 5.32 Å². The molecule has 0 aromatic carbocycles. The van der Waals surface area contributed by atoms with Crippen LogP contribution in [-0.2, 0) is 0 Å². The molecule has 0 saturated heterocycles. The van der Waals surface area contributed by atoms with Crippen LogP contribution in [0.1, 0.15) is 48.9 Å². The monoisotopic (exact) mass is 315 g/mol. The molecule has 2 rings (SSSR count). The molecule has 0 amide bonds. The zero-order valence-corrected chi connectivity index (χ0v) is 13.3. The Morgan fingerprint density at radius 2 is 2.29 bits per heavy atom. The highest BCUT2D eigenvalue weighted by molar-refractivity contribution is 9.10. The predicted molar refractivity (Wildman–Crippen MR) is 79.7 cm³/mol. The predicted octanol–water partition coefficient (Wildman–Crippen LogP) is 4.91. The second-order valence-electron chi connectivity index (χ2n) is 5.16. The molecule has 1 heterocycles. The maximum atomic E-state index is 3.70. The number of hydrogen-bond acceptors (Lipinski definition) is 2. The lowest BCUT2D eigenvalue weighted by molar-refractivity contribution is 0.309. The van der Waals surface area contributed by atoms with Gasteiger partial charge in [0.1, 0.15) is 0 Å². The molecular weight excluding hydrogens is 294 g/mol. The highest BCUT2D eigenvalue weighted by atomic mass is 79.9. The quantitative estimate of drug-likeness (QED) is 0.832. The molecule has 1 N–H and O–H groups in total.